The van der Waals surface area contributed by atoms with E-state index in [0.29, 0.717) is 38.3 Å². The summed E-state index contributed by atoms with van der Waals surface area (Å²) in [5, 5.41) is 1.97. The smallest absolute Gasteiger partial charge is 0.247 e. The average Bonchev–Trinajstić information content (AvgIpc) is 3.13. The van der Waals surface area contributed by atoms with Gasteiger partial charge >= 0.3 is 0 Å². The molecule has 3 rings (SSSR count). The highest BCUT2D eigenvalue weighted by atomic mass is 32.2. The van der Waals surface area contributed by atoms with Crippen LogP contribution in [0.25, 0.3) is 0 Å². The Kier molecular flexibility index (Phi) is 5.78. The molecule has 1 saturated heterocycles. The summed E-state index contributed by atoms with van der Waals surface area (Å²) in [6.07, 6.45) is 1.41. The summed E-state index contributed by atoms with van der Waals surface area (Å²) >= 11 is 1.57. The second-order valence-corrected chi connectivity index (χ2v) is 9.02. The zero-order valence-corrected chi connectivity index (χ0v) is 16.1. The number of hydrogen-bond acceptors (Lipinski definition) is 5. The molecule has 136 valence electrons. The molecule has 0 radical (unpaired) electrons. The van der Waals surface area contributed by atoms with Gasteiger partial charge < -0.3 is 9.47 Å². The maximum Gasteiger partial charge on any atom is 0.247 e. The Labute approximate surface area is 153 Å². The number of benzene rings is 1. The van der Waals surface area contributed by atoms with Crippen LogP contribution < -0.4 is 4.74 Å². The molecule has 0 amide bonds. The maximum absolute atomic E-state index is 13.5. The fraction of sp³-hybridized carbons (Fsp3) is 0.444. The molecule has 5 nitrogen and oxygen atoms in total. The molecule has 1 aromatic carbocycles. The van der Waals surface area contributed by atoms with Gasteiger partial charge in [-0.15, -0.1) is 11.3 Å². The molecule has 0 atom stereocenters. The monoisotopic (exact) mass is 381 g/mol. The molecular formula is C18H23NO4S2. The van der Waals surface area contributed by atoms with E-state index in [1.54, 1.807) is 27.8 Å². The number of ether oxygens (including phenoxy) is 2. The highest BCUT2D eigenvalue weighted by Crippen LogP contribution is 2.32. The third-order valence-corrected chi connectivity index (χ3v) is 7.18. The lowest BCUT2D eigenvalue weighted by atomic mass is 10.1. The third-order valence-electron chi connectivity index (χ3n) is 4.40. The van der Waals surface area contributed by atoms with Crippen molar-refractivity contribution in [2.75, 3.05) is 20.3 Å². The van der Waals surface area contributed by atoms with Crippen LogP contribution in [-0.4, -0.2) is 39.1 Å². The van der Waals surface area contributed by atoms with E-state index in [9.17, 15) is 8.42 Å². The van der Waals surface area contributed by atoms with Crippen molar-refractivity contribution in [1.82, 2.24) is 4.31 Å². The van der Waals surface area contributed by atoms with Crippen molar-refractivity contribution in [1.29, 1.82) is 0 Å². The van der Waals surface area contributed by atoms with Crippen LogP contribution in [0.15, 0.2) is 40.6 Å². The third kappa shape index (κ3) is 4.06. The van der Waals surface area contributed by atoms with Crippen molar-refractivity contribution >= 4 is 21.4 Å². The van der Waals surface area contributed by atoms with Gasteiger partial charge in [-0.3, -0.25) is 0 Å². The van der Waals surface area contributed by atoms with E-state index < -0.39 is 10.0 Å². The molecule has 0 unspecified atom stereocenters. The van der Waals surface area contributed by atoms with Gasteiger partial charge in [0.25, 0.3) is 0 Å². The normalized spacial score (nSPS) is 16.3. The largest absolute Gasteiger partial charge is 0.495 e. The minimum Gasteiger partial charge on any atom is -0.495 e. The van der Waals surface area contributed by atoms with E-state index in [-0.39, 0.29) is 10.9 Å². The first-order valence-corrected chi connectivity index (χ1v) is 10.6. The summed E-state index contributed by atoms with van der Waals surface area (Å²) in [6.45, 7) is 3.44. The van der Waals surface area contributed by atoms with Gasteiger partial charge in [0.2, 0.25) is 10.0 Å². The molecule has 0 spiro atoms. The lowest BCUT2D eigenvalue weighted by molar-refractivity contribution is 0.0571. The summed E-state index contributed by atoms with van der Waals surface area (Å²) in [4.78, 5) is 1.26. The van der Waals surface area contributed by atoms with E-state index in [4.69, 9.17) is 9.47 Å². The van der Waals surface area contributed by atoms with Crippen molar-refractivity contribution < 1.29 is 17.9 Å². The van der Waals surface area contributed by atoms with E-state index in [0.717, 1.165) is 10.4 Å². The van der Waals surface area contributed by atoms with Crippen molar-refractivity contribution in [3.8, 4) is 5.75 Å². The predicted molar refractivity (Wildman–Crippen MR) is 98.6 cm³/mol. The fourth-order valence-electron chi connectivity index (χ4n) is 3.05. The lowest BCUT2D eigenvalue weighted by Gasteiger charge is -2.33. The number of sulfonamides is 1. The van der Waals surface area contributed by atoms with Gasteiger partial charge in [0, 0.05) is 30.7 Å². The molecule has 0 aliphatic carbocycles. The summed E-state index contributed by atoms with van der Waals surface area (Å²) in [7, 11) is -2.18. The van der Waals surface area contributed by atoms with Crippen molar-refractivity contribution in [2.45, 2.75) is 37.2 Å². The van der Waals surface area contributed by atoms with Crippen molar-refractivity contribution in [2.24, 2.45) is 0 Å². The van der Waals surface area contributed by atoms with E-state index >= 15 is 0 Å². The standard InChI is InChI=1S/C18H23NO4S2/c1-14-5-6-17(22-2)18(12-14)25(20,21)19(13-16-4-3-11-24-16)15-7-9-23-10-8-15/h3-6,11-12,15H,7-10,13H2,1-2H3. The Bertz CT molecular complexity index is 796. The summed E-state index contributed by atoms with van der Waals surface area (Å²) in [5.41, 5.74) is 0.891. The zero-order chi connectivity index (χ0) is 17.9. The van der Waals surface area contributed by atoms with Crippen LogP contribution in [0.3, 0.4) is 0 Å². The highest BCUT2D eigenvalue weighted by molar-refractivity contribution is 7.89. The number of methoxy groups -OCH3 is 1. The molecule has 7 heteroatoms. The van der Waals surface area contributed by atoms with Gasteiger partial charge in [0.05, 0.1) is 7.11 Å². The van der Waals surface area contributed by atoms with Gasteiger partial charge in [-0.25, -0.2) is 8.42 Å². The molecule has 0 bridgehead atoms. The lowest BCUT2D eigenvalue weighted by Crippen LogP contribution is -2.42. The summed E-state index contributed by atoms with van der Waals surface area (Å²) in [5.74, 6) is 0.383. The quantitative estimate of drug-likeness (QED) is 0.769. The van der Waals surface area contributed by atoms with Gasteiger partial charge in [-0.1, -0.05) is 12.1 Å². The molecule has 2 heterocycles. The second kappa shape index (κ2) is 7.86. The van der Waals surface area contributed by atoms with Gasteiger partial charge in [0.1, 0.15) is 10.6 Å². The van der Waals surface area contributed by atoms with E-state index in [2.05, 4.69) is 0 Å². The second-order valence-electron chi connectivity index (χ2n) is 6.13. The molecule has 1 aliphatic rings. The molecular weight excluding hydrogens is 358 g/mol. The van der Waals surface area contributed by atoms with Crippen LogP contribution in [0.5, 0.6) is 5.75 Å². The minimum absolute atomic E-state index is 0.0638. The van der Waals surface area contributed by atoms with Crippen LogP contribution in [-0.2, 0) is 21.3 Å². The van der Waals surface area contributed by atoms with Crippen molar-refractivity contribution in [3.63, 3.8) is 0 Å². The van der Waals surface area contributed by atoms with E-state index in [1.165, 1.54) is 7.11 Å². The molecule has 0 saturated carbocycles. The molecule has 1 aromatic heterocycles. The predicted octanol–water partition coefficient (Wildman–Crippen LogP) is 3.44. The van der Waals surface area contributed by atoms with Crippen LogP contribution in [0.2, 0.25) is 0 Å². The number of thiophene rings is 1. The number of aryl methyl sites for hydroxylation is 1. The van der Waals surface area contributed by atoms with Crippen LogP contribution in [0.1, 0.15) is 23.3 Å². The van der Waals surface area contributed by atoms with Gasteiger partial charge in [-0.05, 0) is 48.9 Å². The Morgan fingerprint density at radius 3 is 2.68 bits per heavy atom. The van der Waals surface area contributed by atoms with Crippen molar-refractivity contribution in [3.05, 3.63) is 46.2 Å². The number of rotatable bonds is 6. The Morgan fingerprint density at radius 1 is 1.28 bits per heavy atom. The fourth-order valence-corrected chi connectivity index (χ4v) is 5.74. The topological polar surface area (TPSA) is 55.8 Å². The van der Waals surface area contributed by atoms with Crippen LogP contribution in [0, 0.1) is 6.92 Å². The Hall–Kier alpha value is -1.41. The average molecular weight is 382 g/mol. The Morgan fingerprint density at radius 2 is 2.04 bits per heavy atom. The first-order chi connectivity index (χ1) is 12.0. The van der Waals surface area contributed by atoms with Gasteiger partial charge in [-0.2, -0.15) is 4.31 Å². The Balaban J connectivity index is 2.02. The maximum atomic E-state index is 13.5. The SMILES string of the molecule is COc1ccc(C)cc1S(=O)(=O)N(Cc1cccs1)C1CCOCC1. The first-order valence-electron chi connectivity index (χ1n) is 8.29. The number of nitrogens with zero attached hydrogens (tertiary/aromatic N) is 1. The minimum atomic E-state index is -3.68. The first kappa shape index (κ1) is 18.4. The van der Waals surface area contributed by atoms with Gasteiger partial charge in [0.15, 0.2) is 0 Å². The molecule has 2 aromatic rings. The van der Waals surface area contributed by atoms with E-state index in [1.807, 2.05) is 30.5 Å². The van der Waals surface area contributed by atoms with Crippen LogP contribution >= 0.6 is 11.3 Å². The molecule has 0 N–H and O–H groups in total. The molecule has 25 heavy (non-hydrogen) atoms. The summed E-state index contributed by atoms with van der Waals surface area (Å²) in [6, 6.07) is 9.12. The summed E-state index contributed by atoms with van der Waals surface area (Å²) < 4.78 is 39.4. The van der Waals surface area contributed by atoms with Crippen LogP contribution in [0.4, 0.5) is 0 Å². The molecule has 1 aliphatic heterocycles. The zero-order valence-electron chi connectivity index (χ0n) is 14.5. The molecule has 1 fully saturated rings. The number of hydrogen-bond donors (Lipinski definition) is 0. The highest BCUT2D eigenvalue weighted by Gasteiger charge is 2.34.